The van der Waals surface area contributed by atoms with Crippen LogP contribution in [0.2, 0.25) is 0 Å². The molecule has 0 fully saturated rings. The molecule has 104 valence electrons. The number of H-pyrrole nitrogens is 1. The number of nitro benzene ring substituents is 1. The molecule has 0 spiro atoms. The van der Waals surface area contributed by atoms with Crippen LogP contribution in [-0.2, 0) is 0 Å². The Bertz CT molecular complexity index is 867. The highest BCUT2D eigenvalue weighted by Crippen LogP contribution is 2.24. The molecule has 0 unspecified atom stereocenters. The number of rotatable bonds is 3. The molecule has 3 aromatic rings. The number of hydrogen-bond acceptors (Lipinski definition) is 4. The van der Waals surface area contributed by atoms with Crippen molar-refractivity contribution in [3.8, 4) is 11.4 Å². The maximum atomic E-state index is 11.4. The summed E-state index contributed by atoms with van der Waals surface area (Å²) >= 11 is 0. The van der Waals surface area contributed by atoms with Crippen molar-refractivity contribution in [3.05, 3.63) is 58.1 Å². The smallest absolute Gasteiger partial charge is 0.271 e. The normalized spacial score (nSPS) is 10.7. The van der Waals surface area contributed by atoms with Gasteiger partial charge in [-0.25, -0.2) is 4.98 Å². The number of aromatic amines is 1. The number of carbonyl (C=O) groups is 1. The van der Waals surface area contributed by atoms with Gasteiger partial charge in [-0.05, 0) is 19.1 Å². The first-order chi connectivity index (χ1) is 10.0. The number of benzene rings is 2. The lowest BCUT2D eigenvalue weighted by Crippen LogP contribution is -1.92. The molecule has 3 rings (SSSR count). The van der Waals surface area contributed by atoms with E-state index >= 15 is 0 Å². The van der Waals surface area contributed by atoms with Crippen molar-refractivity contribution in [2.45, 2.75) is 6.92 Å². The number of nitrogens with zero attached hydrogens (tertiary/aromatic N) is 2. The molecule has 0 saturated carbocycles. The molecule has 0 atom stereocenters. The maximum Gasteiger partial charge on any atom is 0.271 e. The Morgan fingerprint density at radius 3 is 2.76 bits per heavy atom. The first-order valence-electron chi connectivity index (χ1n) is 6.30. The molecule has 0 amide bonds. The van der Waals surface area contributed by atoms with E-state index in [1.165, 1.54) is 19.1 Å². The second kappa shape index (κ2) is 4.82. The quantitative estimate of drug-likeness (QED) is 0.453. The Morgan fingerprint density at radius 1 is 1.24 bits per heavy atom. The topological polar surface area (TPSA) is 88.9 Å². The van der Waals surface area contributed by atoms with Gasteiger partial charge in [0.05, 0.1) is 16.0 Å². The van der Waals surface area contributed by atoms with Crippen LogP contribution in [-0.4, -0.2) is 20.7 Å². The summed E-state index contributed by atoms with van der Waals surface area (Å²) in [6.07, 6.45) is 0. The highest BCUT2D eigenvalue weighted by Gasteiger charge is 2.11. The molecular formula is C15H11N3O3. The summed E-state index contributed by atoms with van der Waals surface area (Å²) in [4.78, 5) is 29.2. The summed E-state index contributed by atoms with van der Waals surface area (Å²) in [7, 11) is 0. The predicted molar refractivity (Wildman–Crippen MR) is 78.2 cm³/mol. The summed E-state index contributed by atoms with van der Waals surface area (Å²) in [5.74, 6) is 0.553. The molecule has 0 saturated heterocycles. The van der Waals surface area contributed by atoms with E-state index in [0.29, 0.717) is 22.4 Å². The third kappa shape index (κ3) is 2.38. The summed E-state index contributed by atoms with van der Waals surface area (Å²) in [6.45, 7) is 1.50. The van der Waals surface area contributed by atoms with Gasteiger partial charge in [-0.1, -0.05) is 18.2 Å². The van der Waals surface area contributed by atoms with E-state index in [2.05, 4.69) is 9.97 Å². The van der Waals surface area contributed by atoms with Crippen LogP contribution in [0, 0.1) is 10.1 Å². The van der Waals surface area contributed by atoms with Crippen molar-refractivity contribution in [2.75, 3.05) is 0 Å². The lowest BCUT2D eigenvalue weighted by atomic mass is 10.1. The molecule has 0 aliphatic carbocycles. The minimum absolute atomic E-state index is 0.00943. The van der Waals surface area contributed by atoms with Crippen LogP contribution in [0.3, 0.4) is 0 Å². The molecule has 1 N–H and O–H groups in total. The Kier molecular flexibility index (Phi) is 2.98. The summed E-state index contributed by atoms with van der Waals surface area (Å²) in [5, 5.41) is 10.8. The fraction of sp³-hybridized carbons (Fsp3) is 0.0667. The van der Waals surface area contributed by atoms with Crippen molar-refractivity contribution in [2.24, 2.45) is 0 Å². The van der Waals surface area contributed by atoms with Crippen molar-refractivity contribution < 1.29 is 9.72 Å². The van der Waals surface area contributed by atoms with Gasteiger partial charge in [0.1, 0.15) is 5.82 Å². The SMILES string of the molecule is CC(=O)c1cccc(-c2nc3ccc([N+](=O)[O-])cc3[nH]2)c1. The highest BCUT2D eigenvalue weighted by atomic mass is 16.6. The number of ketones is 1. The first kappa shape index (κ1) is 13.0. The van der Waals surface area contributed by atoms with Crippen molar-refractivity contribution in [3.63, 3.8) is 0 Å². The van der Waals surface area contributed by atoms with Gasteiger partial charge >= 0.3 is 0 Å². The van der Waals surface area contributed by atoms with Gasteiger partial charge < -0.3 is 4.98 Å². The molecule has 1 aromatic heterocycles. The number of aromatic nitrogens is 2. The van der Waals surface area contributed by atoms with Crippen molar-refractivity contribution in [1.82, 2.24) is 9.97 Å². The van der Waals surface area contributed by atoms with Crippen LogP contribution in [0.5, 0.6) is 0 Å². The zero-order chi connectivity index (χ0) is 15.0. The van der Waals surface area contributed by atoms with Gasteiger partial charge in [0, 0.05) is 23.3 Å². The average Bonchev–Trinajstić information content (AvgIpc) is 2.90. The van der Waals surface area contributed by atoms with Crippen LogP contribution in [0.15, 0.2) is 42.5 Å². The van der Waals surface area contributed by atoms with Crippen LogP contribution < -0.4 is 0 Å². The van der Waals surface area contributed by atoms with E-state index in [1.807, 2.05) is 6.07 Å². The van der Waals surface area contributed by atoms with Gasteiger partial charge in [0.25, 0.3) is 5.69 Å². The molecule has 0 bridgehead atoms. The van der Waals surface area contributed by atoms with E-state index in [0.717, 1.165) is 5.56 Å². The van der Waals surface area contributed by atoms with Crippen LogP contribution in [0.1, 0.15) is 17.3 Å². The molecule has 21 heavy (non-hydrogen) atoms. The Labute approximate surface area is 119 Å². The summed E-state index contributed by atoms with van der Waals surface area (Å²) in [6, 6.07) is 11.6. The molecule has 6 nitrogen and oxygen atoms in total. The largest absolute Gasteiger partial charge is 0.338 e. The molecule has 0 aliphatic rings. The van der Waals surface area contributed by atoms with Gasteiger partial charge in [-0.2, -0.15) is 0 Å². The monoisotopic (exact) mass is 281 g/mol. The molecule has 0 radical (unpaired) electrons. The van der Waals surface area contributed by atoms with E-state index in [9.17, 15) is 14.9 Å². The Balaban J connectivity index is 2.10. The predicted octanol–water partition coefficient (Wildman–Crippen LogP) is 3.34. The van der Waals surface area contributed by atoms with Gasteiger partial charge in [-0.3, -0.25) is 14.9 Å². The number of nitrogens with one attached hydrogen (secondary N) is 1. The van der Waals surface area contributed by atoms with Gasteiger partial charge in [0.2, 0.25) is 0 Å². The van der Waals surface area contributed by atoms with E-state index in [-0.39, 0.29) is 11.5 Å². The Morgan fingerprint density at radius 2 is 2.05 bits per heavy atom. The lowest BCUT2D eigenvalue weighted by molar-refractivity contribution is -0.384. The number of imidazole rings is 1. The maximum absolute atomic E-state index is 11.4. The van der Waals surface area contributed by atoms with Crippen LogP contribution >= 0.6 is 0 Å². The van der Waals surface area contributed by atoms with Crippen molar-refractivity contribution >= 4 is 22.5 Å². The van der Waals surface area contributed by atoms with Gasteiger partial charge in [0.15, 0.2) is 5.78 Å². The van der Waals surface area contributed by atoms with Crippen molar-refractivity contribution in [1.29, 1.82) is 0 Å². The number of hydrogen-bond donors (Lipinski definition) is 1. The highest BCUT2D eigenvalue weighted by molar-refractivity contribution is 5.95. The fourth-order valence-electron chi connectivity index (χ4n) is 2.13. The summed E-state index contributed by atoms with van der Waals surface area (Å²) in [5.41, 5.74) is 2.60. The standard InChI is InChI=1S/C15H11N3O3/c1-9(19)10-3-2-4-11(7-10)15-16-13-6-5-12(18(20)21)8-14(13)17-15/h2-8H,1H3,(H,16,17). The average molecular weight is 281 g/mol. The van der Waals surface area contributed by atoms with Gasteiger partial charge in [-0.15, -0.1) is 0 Å². The lowest BCUT2D eigenvalue weighted by Gasteiger charge is -1.99. The molecular weight excluding hydrogens is 270 g/mol. The third-order valence-corrected chi connectivity index (χ3v) is 3.22. The number of nitro groups is 1. The summed E-state index contributed by atoms with van der Waals surface area (Å²) < 4.78 is 0. The fourth-order valence-corrected chi connectivity index (χ4v) is 2.13. The minimum Gasteiger partial charge on any atom is -0.338 e. The number of Topliss-reactive ketones (excluding diaryl/α,β-unsaturated/α-hetero) is 1. The van der Waals surface area contributed by atoms with E-state index in [4.69, 9.17) is 0 Å². The number of non-ortho nitro benzene ring substituents is 1. The minimum atomic E-state index is -0.448. The van der Waals surface area contributed by atoms with Crippen LogP contribution in [0.4, 0.5) is 5.69 Å². The molecule has 2 aromatic carbocycles. The second-order valence-electron chi connectivity index (χ2n) is 4.68. The zero-order valence-corrected chi connectivity index (χ0v) is 11.2. The zero-order valence-electron chi connectivity index (χ0n) is 11.2. The number of carbonyl (C=O) groups excluding carboxylic acids is 1. The first-order valence-corrected chi connectivity index (χ1v) is 6.30. The number of fused-ring (bicyclic) bond motifs is 1. The van der Waals surface area contributed by atoms with E-state index < -0.39 is 4.92 Å². The molecule has 1 heterocycles. The third-order valence-electron chi connectivity index (χ3n) is 3.22. The molecule has 0 aliphatic heterocycles. The van der Waals surface area contributed by atoms with E-state index in [1.54, 1.807) is 24.3 Å². The molecule has 6 heteroatoms. The Hall–Kier alpha value is -3.02. The second-order valence-corrected chi connectivity index (χ2v) is 4.68. The van der Waals surface area contributed by atoms with Crippen LogP contribution in [0.25, 0.3) is 22.4 Å².